The fraction of sp³-hybridized carbons (Fsp3) is 0.455. The second-order valence-electron chi connectivity index (χ2n) is 4.60. The lowest BCUT2D eigenvalue weighted by Gasteiger charge is -2.11. The molecule has 0 unspecified atom stereocenters. The Morgan fingerprint density at radius 1 is 1.40 bits per heavy atom. The van der Waals surface area contributed by atoms with Gasteiger partial charge < -0.3 is 10.2 Å². The normalized spacial score (nSPS) is 12.3. The van der Waals surface area contributed by atoms with Gasteiger partial charge in [0.05, 0.1) is 0 Å². The molecule has 15 heavy (non-hydrogen) atoms. The molecule has 2 N–H and O–H groups in total. The molecule has 4 nitrogen and oxygen atoms in total. The maximum atomic E-state index is 5.62. The predicted octanol–water partition coefficient (Wildman–Crippen LogP) is 1.98. The van der Waals surface area contributed by atoms with Gasteiger partial charge in [0.2, 0.25) is 11.6 Å². The van der Waals surface area contributed by atoms with Crippen molar-refractivity contribution >= 4 is 11.2 Å². The lowest BCUT2D eigenvalue weighted by Crippen LogP contribution is -2.11. The first-order valence-corrected chi connectivity index (χ1v) is 4.97. The average Bonchev–Trinajstić information content (AvgIpc) is 2.59. The Labute approximate surface area is 88.5 Å². The highest BCUT2D eigenvalue weighted by Gasteiger charge is 2.22. The van der Waals surface area contributed by atoms with Crippen LogP contribution in [-0.4, -0.2) is 9.97 Å². The number of pyridine rings is 1. The smallest absolute Gasteiger partial charge is 0.247 e. The van der Waals surface area contributed by atoms with Gasteiger partial charge in [0.25, 0.3) is 0 Å². The third-order valence-corrected chi connectivity index (χ3v) is 2.24. The second-order valence-corrected chi connectivity index (χ2v) is 4.60. The summed E-state index contributed by atoms with van der Waals surface area (Å²) in [7, 11) is 0. The van der Waals surface area contributed by atoms with E-state index in [1.165, 1.54) is 0 Å². The molecular formula is C11H15N3O. The van der Waals surface area contributed by atoms with Crippen LogP contribution in [0.5, 0.6) is 0 Å². The molecule has 2 rings (SSSR count). The van der Waals surface area contributed by atoms with Crippen molar-refractivity contribution in [1.29, 1.82) is 0 Å². The minimum atomic E-state index is -0.105. The van der Waals surface area contributed by atoms with Gasteiger partial charge in [-0.2, -0.15) is 0 Å². The number of rotatable bonds is 1. The van der Waals surface area contributed by atoms with E-state index in [0.717, 1.165) is 11.1 Å². The summed E-state index contributed by atoms with van der Waals surface area (Å²) < 4.78 is 5.60. The summed E-state index contributed by atoms with van der Waals surface area (Å²) in [6, 6.07) is 1.87. The number of nitrogens with zero attached hydrogens (tertiary/aromatic N) is 2. The Morgan fingerprint density at radius 3 is 2.73 bits per heavy atom. The van der Waals surface area contributed by atoms with Crippen molar-refractivity contribution in [3.63, 3.8) is 0 Å². The topological polar surface area (TPSA) is 64.9 Å². The summed E-state index contributed by atoms with van der Waals surface area (Å²) in [5.74, 6) is 0.700. The van der Waals surface area contributed by atoms with Gasteiger partial charge in [0, 0.05) is 18.2 Å². The largest absolute Gasteiger partial charge is 0.422 e. The van der Waals surface area contributed by atoms with E-state index in [0.29, 0.717) is 18.1 Å². The third kappa shape index (κ3) is 1.72. The van der Waals surface area contributed by atoms with Crippen LogP contribution in [0.1, 0.15) is 32.2 Å². The zero-order chi connectivity index (χ0) is 11.1. The Kier molecular flexibility index (Phi) is 2.23. The summed E-state index contributed by atoms with van der Waals surface area (Å²) in [6.45, 7) is 6.62. The van der Waals surface area contributed by atoms with E-state index in [-0.39, 0.29) is 5.41 Å². The standard InChI is InChI=1S/C11H15N3O/c1-11(2,3)10-14-8-7(6-12)4-5-13-9(8)15-10/h4-5H,6,12H2,1-3H3. The van der Waals surface area contributed by atoms with Crippen molar-refractivity contribution in [3.05, 3.63) is 23.7 Å². The number of aromatic nitrogens is 2. The number of oxazole rings is 1. The molecule has 0 aliphatic carbocycles. The summed E-state index contributed by atoms with van der Waals surface area (Å²) in [4.78, 5) is 8.58. The summed E-state index contributed by atoms with van der Waals surface area (Å²) >= 11 is 0. The van der Waals surface area contributed by atoms with E-state index < -0.39 is 0 Å². The molecule has 0 saturated heterocycles. The van der Waals surface area contributed by atoms with Crippen LogP contribution in [0.2, 0.25) is 0 Å². The van der Waals surface area contributed by atoms with Crippen LogP contribution in [0.25, 0.3) is 11.2 Å². The van der Waals surface area contributed by atoms with Gasteiger partial charge in [-0.1, -0.05) is 20.8 Å². The first kappa shape index (κ1) is 10.1. The van der Waals surface area contributed by atoms with Crippen LogP contribution in [0.4, 0.5) is 0 Å². The molecule has 0 aromatic carbocycles. The molecule has 80 valence electrons. The van der Waals surface area contributed by atoms with Gasteiger partial charge in [0.15, 0.2) is 0 Å². The molecule has 0 saturated carbocycles. The Balaban J connectivity index is 2.65. The van der Waals surface area contributed by atoms with Crippen molar-refractivity contribution < 1.29 is 4.42 Å². The lowest BCUT2D eigenvalue weighted by molar-refractivity contribution is 0.407. The monoisotopic (exact) mass is 205 g/mol. The van der Waals surface area contributed by atoms with Crippen LogP contribution in [-0.2, 0) is 12.0 Å². The molecule has 0 spiro atoms. The minimum absolute atomic E-state index is 0.105. The van der Waals surface area contributed by atoms with E-state index in [4.69, 9.17) is 10.2 Å². The summed E-state index contributed by atoms with van der Waals surface area (Å²) in [5.41, 5.74) is 7.85. The first-order chi connectivity index (χ1) is 7.02. The van der Waals surface area contributed by atoms with Crippen LogP contribution in [0.15, 0.2) is 16.7 Å². The Bertz CT molecular complexity index is 482. The predicted molar refractivity (Wildman–Crippen MR) is 58.4 cm³/mol. The van der Waals surface area contributed by atoms with Gasteiger partial charge in [-0.05, 0) is 11.6 Å². The van der Waals surface area contributed by atoms with Crippen molar-refractivity contribution in [3.8, 4) is 0 Å². The van der Waals surface area contributed by atoms with Crippen molar-refractivity contribution in [2.24, 2.45) is 5.73 Å². The van der Waals surface area contributed by atoms with Crippen molar-refractivity contribution in [2.45, 2.75) is 32.7 Å². The van der Waals surface area contributed by atoms with E-state index in [1.54, 1.807) is 6.20 Å². The maximum absolute atomic E-state index is 5.62. The quantitative estimate of drug-likeness (QED) is 0.773. The Morgan fingerprint density at radius 2 is 2.13 bits per heavy atom. The first-order valence-electron chi connectivity index (χ1n) is 4.97. The van der Waals surface area contributed by atoms with Crippen LogP contribution in [0.3, 0.4) is 0 Å². The number of hydrogen-bond acceptors (Lipinski definition) is 4. The van der Waals surface area contributed by atoms with Crippen LogP contribution in [0, 0.1) is 0 Å². The van der Waals surface area contributed by atoms with E-state index >= 15 is 0 Å². The van der Waals surface area contributed by atoms with Gasteiger partial charge >= 0.3 is 0 Å². The molecule has 2 aromatic rings. The molecule has 0 fully saturated rings. The van der Waals surface area contributed by atoms with Gasteiger partial charge in [-0.3, -0.25) is 0 Å². The SMILES string of the molecule is CC(C)(C)c1nc2c(CN)ccnc2o1. The molecule has 0 radical (unpaired) electrons. The van der Waals surface area contributed by atoms with E-state index in [1.807, 2.05) is 6.07 Å². The van der Waals surface area contributed by atoms with Gasteiger partial charge in [-0.25, -0.2) is 9.97 Å². The fourth-order valence-electron chi connectivity index (χ4n) is 1.37. The molecule has 0 aliphatic heterocycles. The zero-order valence-electron chi connectivity index (χ0n) is 9.24. The lowest BCUT2D eigenvalue weighted by atomic mass is 9.97. The molecule has 4 heteroatoms. The zero-order valence-corrected chi connectivity index (χ0v) is 9.24. The van der Waals surface area contributed by atoms with Gasteiger partial charge in [-0.15, -0.1) is 0 Å². The van der Waals surface area contributed by atoms with Crippen LogP contribution < -0.4 is 5.73 Å². The Hall–Kier alpha value is -1.42. The molecule has 0 aliphatic rings. The van der Waals surface area contributed by atoms with E-state index in [9.17, 15) is 0 Å². The fourth-order valence-corrected chi connectivity index (χ4v) is 1.37. The van der Waals surface area contributed by atoms with Crippen molar-refractivity contribution in [1.82, 2.24) is 9.97 Å². The molecular weight excluding hydrogens is 190 g/mol. The molecule has 2 heterocycles. The van der Waals surface area contributed by atoms with Crippen LogP contribution >= 0.6 is 0 Å². The maximum Gasteiger partial charge on any atom is 0.247 e. The highest BCUT2D eigenvalue weighted by molar-refractivity contribution is 5.72. The number of hydrogen-bond donors (Lipinski definition) is 1. The van der Waals surface area contributed by atoms with E-state index in [2.05, 4.69) is 30.7 Å². The molecule has 0 atom stereocenters. The highest BCUT2D eigenvalue weighted by Crippen LogP contribution is 2.25. The average molecular weight is 205 g/mol. The number of nitrogens with two attached hydrogens (primary N) is 1. The third-order valence-electron chi connectivity index (χ3n) is 2.24. The number of fused-ring (bicyclic) bond motifs is 1. The summed E-state index contributed by atoms with van der Waals surface area (Å²) in [6.07, 6.45) is 1.70. The molecule has 0 amide bonds. The summed E-state index contributed by atoms with van der Waals surface area (Å²) in [5, 5.41) is 0. The van der Waals surface area contributed by atoms with Gasteiger partial charge in [0.1, 0.15) is 5.52 Å². The second kappa shape index (κ2) is 3.31. The molecule has 0 bridgehead atoms. The highest BCUT2D eigenvalue weighted by atomic mass is 16.4. The molecule has 2 aromatic heterocycles. The minimum Gasteiger partial charge on any atom is -0.422 e. The van der Waals surface area contributed by atoms with Crippen molar-refractivity contribution in [2.75, 3.05) is 0 Å².